The number of carbonyl (C=O) groups excluding carboxylic acids is 1. The highest BCUT2D eigenvalue weighted by atomic mass is 16.5. The topological polar surface area (TPSA) is 38.3 Å². The van der Waals surface area contributed by atoms with Gasteiger partial charge in [-0.15, -0.1) is 0 Å². The van der Waals surface area contributed by atoms with Crippen LogP contribution in [0.2, 0.25) is 0 Å². The van der Waals surface area contributed by atoms with Crippen molar-refractivity contribution in [3.05, 3.63) is 65.7 Å². The van der Waals surface area contributed by atoms with Crippen molar-refractivity contribution in [2.75, 3.05) is 12.4 Å². The van der Waals surface area contributed by atoms with Crippen molar-refractivity contribution in [3.63, 3.8) is 0 Å². The van der Waals surface area contributed by atoms with Crippen LogP contribution in [0.25, 0.3) is 6.08 Å². The lowest BCUT2D eigenvalue weighted by Crippen LogP contribution is -2.33. The van der Waals surface area contributed by atoms with Crippen molar-refractivity contribution in [2.24, 2.45) is 0 Å². The van der Waals surface area contributed by atoms with E-state index >= 15 is 0 Å². The van der Waals surface area contributed by atoms with Crippen molar-refractivity contribution < 1.29 is 9.53 Å². The molecule has 0 bridgehead atoms. The maximum Gasteiger partial charge on any atom is 0.235 e. The van der Waals surface area contributed by atoms with Gasteiger partial charge in [-0.2, -0.15) is 0 Å². The van der Waals surface area contributed by atoms with Gasteiger partial charge in [-0.3, -0.25) is 4.79 Å². The first-order valence-corrected chi connectivity index (χ1v) is 7.28. The van der Waals surface area contributed by atoms with E-state index in [4.69, 9.17) is 4.74 Å². The zero-order chi connectivity index (χ0) is 15.7. The lowest BCUT2D eigenvalue weighted by molar-refractivity contribution is -0.120. The van der Waals surface area contributed by atoms with Gasteiger partial charge in [0.15, 0.2) is 0 Å². The van der Waals surface area contributed by atoms with E-state index in [0.29, 0.717) is 6.42 Å². The molecule has 1 unspecified atom stereocenters. The van der Waals surface area contributed by atoms with Gasteiger partial charge in [0.1, 0.15) is 5.75 Å². The Labute approximate surface area is 130 Å². The lowest BCUT2D eigenvalue weighted by atomic mass is 9.78. The Bertz CT molecular complexity index is 734. The van der Waals surface area contributed by atoms with Crippen molar-refractivity contribution in [1.82, 2.24) is 0 Å². The molecule has 22 heavy (non-hydrogen) atoms. The molecular formula is C19H19NO2. The van der Waals surface area contributed by atoms with Crippen molar-refractivity contribution in [1.29, 1.82) is 0 Å². The van der Waals surface area contributed by atoms with Gasteiger partial charge in [0.05, 0.1) is 12.5 Å². The number of hydrogen-bond acceptors (Lipinski definition) is 2. The highest BCUT2D eigenvalue weighted by molar-refractivity contribution is 6.06. The third-order valence-electron chi connectivity index (χ3n) is 4.34. The second-order valence-electron chi connectivity index (χ2n) is 5.82. The Morgan fingerprint density at radius 3 is 2.59 bits per heavy atom. The second kappa shape index (κ2) is 5.34. The SMILES string of the molecule is C=Cc1ccc(CC2(C)C(=O)Nc3ccc(OC)cc32)cc1. The summed E-state index contributed by atoms with van der Waals surface area (Å²) in [6, 6.07) is 13.9. The number of amides is 1. The van der Waals surface area contributed by atoms with Crippen LogP contribution in [0.15, 0.2) is 49.0 Å². The van der Waals surface area contributed by atoms with Crippen LogP contribution in [0.3, 0.4) is 0 Å². The fourth-order valence-corrected chi connectivity index (χ4v) is 2.95. The molecule has 2 aromatic carbocycles. The van der Waals surface area contributed by atoms with Crippen LogP contribution in [0.5, 0.6) is 5.75 Å². The third-order valence-corrected chi connectivity index (χ3v) is 4.34. The van der Waals surface area contributed by atoms with Gasteiger partial charge in [-0.25, -0.2) is 0 Å². The first-order chi connectivity index (χ1) is 10.6. The standard InChI is InChI=1S/C19H19NO2/c1-4-13-5-7-14(8-6-13)12-19(2)16-11-15(22-3)9-10-17(16)20-18(19)21/h4-11H,1,12H2,2-3H3,(H,20,21). The summed E-state index contributed by atoms with van der Waals surface area (Å²) in [7, 11) is 1.64. The van der Waals surface area contributed by atoms with Crippen molar-refractivity contribution in [3.8, 4) is 5.75 Å². The quantitative estimate of drug-likeness (QED) is 0.931. The normalized spacial score (nSPS) is 19.5. The highest BCUT2D eigenvalue weighted by Gasteiger charge is 2.42. The van der Waals surface area contributed by atoms with Gasteiger partial charge in [0.2, 0.25) is 5.91 Å². The molecule has 0 spiro atoms. The van der Waals surface area contributed by atoms with E-state index in [9.17, 15) is 4.79 Å². The summed E-state index contributed by atoms with van der Waals surface area (Å²) in [5.74, 6) is 0.798. The maximum absolute atomic E-state index is 12.5. The first kappa shape index (κ1) is 14.4. The zero-order valence-electron chi connectivity index (χ0n) is 12.8. The predicted octanol–water partition coefficient (Wildman–Crippen LogP) is 3.79. The van der Waals surface area contributed by atoms with Crippen LogP contribution >= 0.6 is 0 Å². The van der Waals surface area contributed by atoms with Gasteiger partial charge < -0.3 is 10.1 Å². The van der Waals surface area contributed by atoms with E-state index in [0.717, 1.165) is 28.1 Å². The molecule has 3 rings (SSSR count). The van der Waals surface area contributed by atoms with Gasteiger partial charge in [-0.05, 0) is 48.2 Å². The molecule has 1 atom stereocenters. The Balaban J connectivity index is 1.98. The lowest BCUT2D eigenvalue weighted by Gasteiger charge is -2.22. The number of anilines is 1. The molecule has 1 heterocycles. The van der Waals surface area contributed by atoms with Crippen LogP contribution in [-0.4, -0.2) is 13.0 Å². The fourth-order valence-electron chi connectivity index (χ4n) is 2.95. The van der Waals surface area contributed by atoms with Crippen LogP contribution in [0.4, 0.5) is 5.69 Å². The molecule has 3 nitrogen and oxygen atoms in total. The minimum atomic E-state index is -0.584. The fraction of sp³-hybridized carbons (Fsp3) is 0.211. The average molecular weight is 293 g/mol. The Morgan fingerprint density at radius 1 is 1.23 bits per heavy atom. The van der Waals surface area contributed by atoms with Crippen molar-refractivity contribution >= 4 is 17.7 Å². The maximum atomic E-state index is 12.5. The summed E-state index contributed by atoms with van der Waals surface area (Å²) in [4.78, 5) is 12.5. The number of benzene rings is 2. The number of methoxy groups -OCH3 is 1. The minimum Gasteiger partial charge on any atom is -0.497 e. The predicted molar refractivity (Wildman–Crippen MR) is 89.2 cm³/mol. The van der Waals surface area contributed by atoms with E-state index in [1.54, 1.807) is 7.11 Å². The van der Waals surface area contributed by atoms with Crippen LogP contribution in [-0.2, 0) is 16.6 Å². The molecule has 0 fully saturated rings. The van der Waals surface area contributed by atoms with E-state index in [2.05, 4.69) is 11.9 Å². The number of carbonyl (C=O) groups is 1. The van der Waals surface area contributed by atoms with Crippen molar-refractivity contribution in [2.45, 2.75) is 18.8 Å². The van der Waals surface area contributed by atoms with E-state index < -0.39 is 5.41 Å². The molecule has 112 valence electrons. The van der Waals surface area contributed by atoms with Crippen LogP contribution in [0, 0.1) is 0 Å². The van der Waals surface area contributed by atoms with Crippen LogP contribution < -0.4 is 10.1 Å². The largest absolute Gasteiger partial charge is 0.497 e. The summed E-state index contributed by atoms with van der Waals surface area (Å²) >= 11 is 0. The monoisotopic (exact) mass is 293 g/mol. The molecule has 2 aromatic rings. The smallest absolute Gasteiger partial charge is 0.235 e. The van der Waals surface area contributed by atoms with Gasteiger partial charge in [0, 0.05) is 5.69 Å². The number of hydrogen-bond donors (Lipinski definition) is 1. The molecule has 0 saturated carbocycles. The van der Waals surface area contributed by atoms with E-state index in [-0.39, 0.29) is 5.91 Å². The zero-order valence-corrected chi connectivity index (χ0v) is 12.8. The molecule has 0 aromatic heterocycles. The minimum absolute atomic E-state index is 0.0311. The first-order valence-electron chi connectivity index (χ1n) is 7.28. The number of ether oxygens (including phenoxy) is 1. The van der Waals surface area contributed by atoms with E-state index in [1.807, 2.05) is 55.5 Å². The average Bonchev–Trinajstić information content (AvgIpc) is 2.79. The molecule has 0 saturated heterocycles. The second-order valence-corrected chi connectivity index (χ2v) is 5.82. The summed E-state index contributed by atoms with van der Waals surface area (Å²) < 4.78 is 5.30. The molecule has 0 radical (unpaired) electrons. The Morgan fingerprint density at radius 2 is 1.95 bits per heavy atom. The molecule has 3 heteroatoms. The summed E-state index contributed by atoms with van der Waals surface area (Å²) in [5.41, 5.74) is 3.48. The summed E-state index contributed by atoms with van der Waals surface area (Å²) in [6.45, 7) is 5.74. The molecule has 1 N–H and O–H groups in total. The van der Waals surface area contributed by atoms with Gasteiger partial charge in [-0.1, -0.05) is 36.9 Å². The molecule has 0 aliphatic carbocycles. The number of nitrogens with one attached hydrogen (secondary N) is 1. The molecule has 1 aliphatic heterocycles. The summed E-state index contributed by atoms with van der Waals surface area (Å²) in [6.07, 6.45) is 2.46. The summed E-state index contributed by atoms with van der Waals surface area (Å²) in [5, 5.41) is 2.97. The van der Waals surface area contributed by atoms with E-state index in [1.165, 1.54) is 0 Å². The van der Waals surface area contributed by atoms with Gasteiger partial charge in [0.25, 0.3) is 0 Å². The Hall–Kier alpha value is -2.55. The molecule has 1 aliphatic rings. The molecular weight excluding hydrogens is 274 g/mol. The Kier molecular flexibility index (Phi) is 3.49. The number of rotatable bonds is 4. The van der Waals surface area contributed by atoms with Gasteiger partial charge >= 0.3 is 0 Å². The highest BCUT2D eigenvalue weighted by Crippen LogP contribution is 2.41. The molecule has 1 amide bonds. The third kappa shape index (κ3) is 2.29. The van der Waals surface area contributed by atoms with Crippen LogP contribution in [0.1, 0.15) is 23.6 Å². The number of fused-ring (bicyclic) bond motifs is 1.